The lowest BCUT2D eigenvalue weighted by Gasteiger charge is -2.12. The van der Waals surface area contributed by atoms with E-state index in [2.05, 4.69) is 44.3 Å². The van der Waals surface area contributed by atoms with Crippen LogP contribution < -0.4 is 4.74 Å². The van der Waals surface area contributed by atoms with E-state index >= 15 is 0 Å². The third kappa shape index (κ3) is 13.0. The molecule has 0 aliphatic carbocycles. The minimum atomic E-state index is -3.71. The fraction of sp³-hybridized carbons (Fsp3) is 0.318. The van der Waals surface area contributed by atoms with Gasteiger partial charge in [0.1, 0.15) is 5.75 Å². The van der Waals surface area contributed by atoms with Crippen LogP contribution in [0.15, 0.2) is 119 Å². The van der Waals surface area contributed by atoms with E-state index in [9.17, 15) is 18.0 Å². The number of benzene rings is 4. The standard InChI is InChI=1S/C44H50O5S5/c1-31(2)43(45)52-25-9-7-23-50-29-38-27-36(12-11-33(38)5)34-13-18-40(19-14-34)54(47,48)41-20-15-35(16-21-41)37-17-22-42(49-6)39(28-37)30-51-24-8-10-26-53-44(46)32(3)4/h11-22,27-28H,1,3,7-10,23-26,29-30H2,2,4-6H3. The van der Waals surface area contributed by atoms with Crippen LogP contribution in [-0.2, 0) is 30.9 Å². The van der Waals surface area contributed by atoms with Crippen LogP contribution in [0.3, 0.4) is 0 Å². The largest absolute Gasteiger partial charge is 0.496 e. The number of ether oxygens (including phenoxy) is 1. The van der Waals surface area contributed by atoms with Gasteiger partial charge in [-0.3, -0.25) is 9.59 Å². The molecule has 286 valence electrons. The summed E-state index contributed by atoms with van der Waals surface area (Å²) in [5.41, 5.74) is 8.74. The van der Waals surface area contributed by atoms with Gasteiger partial charge in [0.2, 0.25) is 20.1 Å². The third-order valence-corrected chi connectivity index (χ3v) is 14.8. The predicted octanol–water partition coefficient (Wildman–Crippen LogP) is 11.9. The second kappa shape index (κ2) is 21.8. The summed E-state index contributed by atoms with van der Waals surface area (Å²) in [4.78, 5) is 23.9. The highest BCUT2D eigenvalue weighted by Crippen LogP contribution is 2.32. The number of hydrogen-bond acceptors (Lipinski definition) is 9. The van der Waals surface area contributed by atoms with Crippen molar-refractivity contribution < 1.29 is 22.7 Å². The van der Waals surface area contributed by atoms with Gasteiger partial charge in [0.25, 0.3) is 0 Å². The first-order valence-corrected chi connectivity index (χ1v) is 23.7. The van der Waals surface area contributed by atoms with Crippen LogP contribution in [0.2, 0.25) is 0 Å². The lowest BCUT2D eigenvalue weighted by Crippen LogP contribution is -2.02. The molecule has 0 spiro atoms. The molecule has 0 radical (unpaired) electrons. The van der Waals surface area contributed by atoms with Gasteiger partial charge in [-0.1, -0.05) is 85.2 Å². The summed E-state index contributed by atoms with van der Waals surface area (Å²) in [7, 11) is -2.04. The number of unbranched alkanes of at least 4 members (excludes halogenated alkanes) is 2. The molecule has 0 amide bonds. The molecule has 0 bridgehead atoms. The summed E-state index contributed by atoms with van der Waals surface area (Å²) in [5, 5.41) is 0.144. The molecular formula is C44H50O5S5. The molecule has 0 aliphatic rings. The van der Waals surface area contributed by atoms with Gasteiger partial charge in [0.05, 0.1) is 16.9 Å². The number of rotatable bonds is 21. The van der Waals surface area contributed by atoms with Crippen LogP contribution in [0.1, 0.15) is 56.2 Å². The number of carbonyl (C=O) groups is 2. The molecule has 10 heteroatoms. The third-order valence-electron chi connectivity index (χ3n) is 8.67. The zero-order chi connectivity index (χ0) is 39.1. The van der Waals surface area contributed by atoms with E-state index < -0.39 is 9.84 Å². The van der Waals surface area contributed by atoms with Crippen molar-refractivity contribution in [2.24, 2.45) is 0 Å². The van der Waals surface area contributed by atoms with Crippen LogP contribution in [0, 0.1) is 6.92 Å². The van der Waals surface area contributed by atoms with E-state index in [4.69, 9.17) is 4.74 Å². The highest BCUT2D eigenvalue weighted by atomic mass is 32.2. The molecular weight excluding hydrogens is 769 g/mol. The average Bonchev–Trinajstić information content (AvgIpc) is 3.17. The second-order valence-electron chi connectivity index (χ2n) is 13.1. The van der Waals surface area contributed by atoms with Crippen molar-refractivity contribution in [2.45, 2.75) is 67.8 Å². The molecule has 0 fully saturated rings. The second-order valence-corrected chi connectivity index (χ2v) is 19.4. The normalized spacial score (nSPS) is 11.3. The van der Waals surface area contributed by atoms with Gasteiger partial charge in [-0.2, -0.15) is 23.5 Å². The van der Waals surface area contributed by atoms with Crippen LogP contribution in [0.4, 0.5) is 0 Å². The van der Waals surface area contributed by atoms with Gasteiger partial charge in [-0.25, -0.2) is 8.42 Å². The Hall–Kier alpha value is -3.15. The zero-order valence-corrected chi connectivity index (χ0v) is 35.7. The average molecular weight is 819 g/mol. The topological polar surface area (TPSA) is 77.5 Å². The maximum Gasteiger partial charge on any atom is 0.214 e. The molecule has 0 aromatic heterocycles. The van der Waals surface area contributed by atoms with Crippen molar-refractivity contribution >= 4 is 67.1 Å². The Morgan fingerprint density at radius 2 is 1.00 bits per heavy atom. The minimum Gasteiger partial charge on any atom is -0.496 e. The van der Waals surface area contributed by atoms with Gasteiger partial charge in [-0.05, 0) is 139 Å². The molecule has 0 atom stereocenters. The first-order valence-electron chi connectivity index (χ1n) is 17.9. The summed E-state index contributed by atoms with van der Waals surface area (Å²) in [6.07, 6.45) is 4.06. The summed E-state index contributed by atoms with van der Waals surface area (Å²) in [6.45, 7) is 13.0. The molecule has 0 aliphatic heterocycles. The SMILES string of the molecule is C=C(C)C(=O)SCCCCSCc1cc(-c2ccc(S(=O)(=O)c3ccc(-c4ccc(OC)c(CSCCCCSC(=O)C(=C)C)c4)cc3)cc2)ccc1C. The number of hydrogen-bond donors (Lipinski definition) is 0. The van der Waals surface area contributed by atoms with E-state index in [-0.39, 0.29) is 20.0 Å². The molecule has 0 saturated heterocycles. The zero-order valence-electron chi connectivity index (χ0n) is 31.7. The van der Waals surface area contributed by atoms with Crippen LogP contribution >= 0.6 is 47.0 Å². The van der Waals surface area contributed by atoms with E-state index in [1.165, 1.54) is 34.7 Å². The van der Waals surface area contributed by atoms with Gasteiger partial charge < -0.3 is 4.74 Å². The van der Waals surface area contributed by atoms with Crippen molar-refractivity contribution in [2.75, 3.05) is 30.1 Å². The maximum absolute atomic E-state index is 13.7. The van der Waals surface area contributed by atoms with Crippen molar-refractivity contribution in [3.8, 4) is 28.0 Å². The predicted molar refractivity (Wildman–Crippen MR) is 236 cm³/mol. The molecule has 4 rings (SSSR count). The number of aryl methyl sites for hydroxylation is 1. The van der Waals surface area contributed by atoms with Crippen LogP contribution in [-0.4, -0.2) is 48.8 Å². The van der Waals surface area contributed by atoms with Crippen molar-refractivity contribution in [1.29, 1.82) is 0 Å². The van der Waals surface area contributed by atoms with E-state index in [0.29, 0.717) is 11.1 Å². The maximum atomic E-state index is 13.7. The molecule has 0 saturated carbocycles. The molecule has 4 aromatic rings. The summed E-state index contributed by atoms with van der Waals surface area (Å²) < 4.78 is 32.9. The minimum absolute atomic E-state index is 0.0663. The van der Waals surface area contributed by atoms with Gasteiger partial charge in [0, 0.05) is 28.6 Å². The van der Waals surface area contributed by atoms with E-state index in [0.717, 1.165) is 93.8 Å². The number of methoxy groups -OCH3 is 1. The smallest absolute Gasteiger partial charge is 0.214 e. The highest BCUT2D eigenvalue weighted by Gasteiger charge is 2.18. The van der Waals surface area contributed by atoms with Gasteiger partial charge in [-0.15, -0.1) is 0 Å². The Bertz CT molecular complexity index is 2020. The highest BCUT2D eigenvalue weighted by molar-refractivity contribution is 8.14. The number of thioether (sulfide) groups is 4. The number of carbonyl (C=O) groups excluding carboxylic acids is 2. The quantitative estimate of drug-likeness (QED) is 0.0603. The Morgan fingerprint density at radius 1 is 0.593 bits per heavy atom. The van der Waals surface area contributed by atoms with Crippen LogP contribution in [0.5, 0.6) is 5.75 Å². The first kappa shape index (κ1) is 43.6. The Morgan fingerprint density at radius 3 is 1.46 bits per heavy atom. The summed E-state index contributed by atoms with van der Waals surface area (Å²) in [5.74, 6) is 6.17. The summed E-state index contributed by atoms with van der Waals surface area (Å²) >= 11 is 6.41. The Balaban J connectivity index is 1.33. The fourth-order valence-electron chi connectivity index (χ4n) is 5.42. The van der Waals surface area contributed by atoms with Crippen molar-refractivity contribution in [3.05, 3.63) is 126 Å². The molecule has 0 N–H and O–H groups in total. The lowest BCUT2D eigenvalue weighted by atomic mass is 10.0. The van der Waals surface area contributed by atoms with Crippen LogP contribution in [0.25, 0.3) is 22.3 Å². The number of sulfone groups is 1. The molecule has 5 nitrogen and oxygen atoms in total. The molecule has 0 heterocycles. The van der Waals surface area contributed by atoms with E-state index in [1.807, 2.05) is 59.9 Å². The molecule has 0 unspecified atom stereocenters. The monoisotopic (exact) mass is 818 g/mol. The first-order chi connectivity index (χ1) is 25.9. The lowest BCUT2D eigenvalue weighted by molar-refractivity contribution is -0.108. The van der Waals surface area contributed by atoms with Crippen molar-refractivity contribution in [3.63, 3.8) is 0 Å². The van der Waals surface area contributed by atoms with Crippen molar-refractivity contribution in [1.82, 2.24) is 0 Å². The Kier molecular flexibility index (Phi) is 17.6. The molecule has 54 heavy (non-hydrogen) atoms. The van der Waals surface area contributed by atoms with Gasteiger partial charge >= 0.3 is 0 Å². The summed E-state index contributed by atoms with van der Waals surface area (Å²) in [6, 6.07) is 26.7. The van der Waals surface area contributed by atoms with Gasteiger partial charge in [0.15, 0.2) is 0 Å². The fourth-order valence-corrected chi connectivity index (χ4v) is 10.3. The molecule has 4 aromatic carbocycles. The van der Waals surface area contributed by atoms with E-state index in [1.54, 1.807) is 45.2 Å². The Labute approximate surface area is 339 Å².